The molecule has 26 heavy (non-hydrogen) atoms. The fourth-order valence-electron chi connectivity index (χ4n) is 3.27. The van der Waals surface area contributed by atoms with E-state index in [1.807, 2.05) is 49.4 Å². The number of fused-ring (bicyclic) bond motifs is 1. The smallest absolute Gasteiger partial charge is 0.317 e. The van der Waals surface area contributed by atoms with Crippen molar-refractivity contribution in [2.75, 3.05) is 27.3 Å². The average molecular weight is 354 g/mol. The number of benzene rings is 2. The molecule has 1 heterocycles. The lowest BCUT2D eigenvalue weighted by Crippen LogP contribution is -2.42. The second-order valence-electron chi connectivity index (χ2n) is 6.70. The number of nitrogens with one attached hydrogen (secondary N) is 1. The molecule has 5 nitrogen and oxygen atoms in total. The summed E-state index contributed by atoms with van der Waals surface area (Å²) in [7, 11) is 3.45. The molecule has 5 heteroatoms. The molecule has 2 aromatic carbocycles. The first-order chi connectivity index (χ1) is 12.6. The Morgan fingerprint density at radius 1 is 1.27 bits per heavy atom. The molecule has 1 N–H and O–H groups in total. The fraction of sp³-hybridized carbons (Fsp3) is 0.381. The molecule has 2 aromatic rings. The summed E-state index contributed by atoms with van der Waals surface area (Å²) in [5.41, 5.74) is 2.19. The van der Waals surface area contributed by atoms with Crippen LogP contribution in [0.3, 0.4) is 0 Å². The third-order valence-electron chi connectivity index (χ3n) is 4.99. The van der Waals surface area contributed by atoms with Crippen LogP contribution in [0.2, 0.25) is 0 Å². The summed E-state index contributed by atoms with van der Waals surface area (Å²) in [6.45, 7) is 3.22. The van der Waals surface area contributed by atoms with E-state index in [0.29, 0.717) is 13.2 Å². The molecule has 0 aromatic heterocycles. The zero-order valence-corrected chi connectivity index (χ0v) is 15.6. The SMILES string of the molecule is COc1ccccc1[C@@H](C)N(C)C(=O)NC[C@H]1COc2ccccc2C1. The average Bonchev–Trinajstić information content (AvgIpc) is 2.70. The quantitative estimate of drug-likeness (QED) is 0.892. The normalized spacial score (nSPS) is 16.8. The van der Waals surface area contributed by atoms with Crippen molar-refractivity contribution < 1.29 is 14.3 Å². The van der Waals surface area contributed by atoms with Crippen molar-refractivity contribution in [3.8, 4) is 11.5 Å². The van der Waals surface area contributed by atoms with Crippen LogP contribution >= 0.6 is 0 Å². The van der Waals surface area contributed by atoms with Crippen LogP contribution < -0.4 is 14.8 Å². The summed E-state index contributed by atoms with van der Waals surface area (Å²) in [4.78, 5) is 14.3. The van der Waals surface area contributed by atoms with Crippen molar-refractivity contribution in [1.29, 1.82) is 0 Å². The number of urea groups is 1. The van der Waals surface area contributed by atoms with E-state index in [0.717, 1.165) is 23.5 Å². The number of hydrogen-bond donors (Lipinski definition) is 1. The highest BCUT2D eigenvalue weighted by atomic mass is 16.5. The third kappa shape index (κ3) is 3.93. The van der Waals surface area contributed by atoms with Crippen LogP contribution in [0.25, 0.3) is 0 Å². The van der Waals surface area contributed by atoms with E-state index in [-0.39, 0.29) is 18.0 Å². The number of carbonyl (C=O) groups is 1. The standard InChI is InChI=1S/C21H26N2O3/c1-15(18-9-5-7-11-20(18)25-3)23(2)21(24)22-13-16-12-17-8-4-6-10-19(17)26-14-16/h4-11,15-16H,12-14H2,1-3H3,(H,22,24)/t15-,16+/m1/s1. The highest BCUT2D eigenvalue weighted by molar-refractivity contribution is 5.74. The minimum absolute atomic E-state index is 0.0884. The molecule has 0 unspecified atom stereocenters. The molecule has 3 rings (SSSR count). The van der Waals surface area contributed by atoms with Gasteiger partial charge in [-0.1, -0.05) is 36.4 Å². The van der Waals surface area contributed by atoms with E-state index in [9.17, 15) is 4.79 Å². The summed E-state index contributed by atoms with van der Waals surface area (Å²) in [6, 6.07) is 15.7. The lowest BCUT2D eigenvalue weighted by Gasteiger charge is -2.29. The van der Waals surface area contributed by atoms with Gasteiger partial charge in [-0.25, -0.2) is 4.79 Å². The van der Waals surface area contributed by atoms with Crippen LogP contribution in [-0.2, 0) is 6.42 Å². The Morgan fingerprint density at radius 2 is 2.00 bits per heavy atom. The van der Waals surface area contributed by atoms with Crippen molar-refractivity contribution in [3.05, 3.63) is 59.7 Å². The molecule has 0 radical (unpaired) electrons. The molecule has 2 amide bonds. The number of methoxy groups -OCH3 is 1. The maximum Gasteiger partial charge on any atom is 0.317 e. The van der Waals surface area contributed by atoms with Crippen molar-refractivity contribution >= 4 is 6.03 Å². The van der Waals surface area contributed by atoms with Gasteiger partial charge in [-0.05, 0) is 31.0 Å². The predicted molar refractivity (Wildman–Crippen MR) is 102 cm³/mol. The van der Waals surface area contributed by atoms with Crippen molar-refractivity contribution in [2.45, 2.75) is 19.4 Å². The Kier molecular flexibility index (Phi) is 5.66. The molecule has 0 saturated heterocycles. The number of nitrogens with zero attached hydrogens (tertiary/aromatic N) is 1. The van der Waals surface area contributed by atoms with Gasteiger partial charge in [0.25, 0.3) is 0 Å². The molecule has 0 spiro atoms. The lowest BCUT2D eigenvalue weighted by atomic mass is 9.97. The molecular weight excluding hydrogens is 328 g/mol. The molecule has 0 bridgehead atoms. The molecule has 1 aliphatic rings. The van der Waals surface area contributed by atoms with Gasteiger partial charge in [0.1, 0.15) is 11.5 Å². The number of amides is 2. The zero-order valence-electron chi connectivity index (χ0n) is 15.6. The van der Waals surface area contributed by atoms with Gasteiger partial charge in [-0.2, -0.15) is 0 Å². The van der Waals surface area contributed by atoms with Gasteiger partial charge in [0.2, 0.25) is 0 Å². The molecule has 0 saturated carbocycles. The maximum absolute atomic E-state index is 12.6. The van der Waals surface area contributed by atoms with E-state index in [1.54, 1.807) is 19.1 Å². The molecular formula is C21H26N2O3. The van der Waals surface area contributed by atoms with Gasteiger partial charge < -0.3 is 19.7 Å². The van der Waals surface area contributed by atoms with Gasteiger partial charge in [0, 0.05) is 25.1 Å². The van der Waals surface area contributed by atoms with Crippen LogP contribution in [0.1, 0.15) is 24.1 Å². The van der Waals surface area contributed by atoms with E-state index in [1.165, 1.54) is 5.56 Å². The monoisotopic (exact) mass is 354 g/mol. The van der Waals surface area contributed by atoms with Crippen molar-refractivity contribution in [1.82, 2.24) is 10.2 Å². The van der Waals surface area contributed by atoms with Crippen molar-refractivity contribution in [3.63, 3.8) is 0 Å². The van der Waals surface area contributed by atoms with Crippen LogP contribution in [0.5, 0.6) is 11.5 Å². The first kappa shape index (κ1) is 18.1. The summed E-state index contributed by atoms with van der Waals surface area (Å²) in [5.74, 6) is 2.03. The lowest BCUT2D eigenvalue weighted by molar-refractivity contribution is 0.183. The molecule has 1 aliphatic heterocycles. The second-order valence-corrected chi connectivity index (χ2v) is 6.70. The Bertz CT molecular complexity index is 762. The minimum Gasteiger partial charge on any atom is -0.496 e. The van der Waals surface area contributed by atoms with Gasteiger partial charge >= 0.3 is 6.03 Å². The Hall–Kier alpha value is -2.69. The Labute approximate surface area is 154 Å². The summed E-state index contributed by atoms with van der Waals surface area (Å²) >= 11 is 0. The molecule has 0 fully saturated rings. The highest BCUT2D eigenvalue weighted by Gasteiger charge is 2.23. The number of rotatable bonds is 5. The Morgan fingerprint density at radius 3 is 2.81 bits per heavy atom. The third-order valence-corrected chi connectivity index (χ3v) is 4.99. The van der Waals surface area contributed by atoms with Gasteiger partial charge in [0.05, 0.1) is 19.8 Å². The van der Waals surface area contributed by atoms with E-state index in [4.69, 9.17) is 9.47 Å². The van der Waals surface area contributed by atoms with Crippen LogP contribution in [0, 0.1) is 5.92 Å². The summed E-state index contributed by atoms with van der Waals surface area (Å²) < 4.78 is 11.2. The number of hydrogen-bond acceptors (Lipinski definition) is 3. The highest BCUT2D eigenvalue weighted by Crippen LogP contribution is 2.28. The van der Waals surface area contributed by atoms with Crippen LogP contribution in [-0.4, -0.2) is 38.2 Å². The second kappa shape index (κ2) is 8.13. The molecule has 2 atom stereocenters. The largest absolute Gasteiger partial charge is 0.496 e. The topological polar surface area (TPSA) is 50.8 Å². The van der Waals surface area contributed by atoms with Gasteiger partial charge in [0.15, 0.2) is 0 Å². The van der Waals surface area contributed by atoms with Crippen LogP contribution in [0.15, 0.2) is 48.5 Å². The van der Waals surface area contributed by atoms with E-state index in [2.05, 4.69) is 11.4 Å². The molecule has 0 aliphatic carbocycles. The predicted octanol–water partition coefficient (Wildman–Crippen LogP) is 3.65. The summed E-state index contributed by atoms with van der Waals surface area (Å²) in [5, 5.41) is 3.04. The maximum atomic E-state index is 12.6. The molecule has 138 valence electrons. The minimum atomic E-state index is -0.0951. The zero-order chi connectivity index (χ0) is 18.5. The van der Waals surface area contributed by atoms with E-state index >= 15 is 0 Å². The van der Waals surface area contributed by atoms with Crippen molar-refractivity contribution in [2.24, 2.45) is 5.92 Å². The Balaban J connectivity index is 1.56. The summed E-state index contributed by atoms with van der Waals surface area (Å²) in [6.07, 6.45) is 0.919. The number of carbonyl (C=O) groups excluding carboxylic acids is 1. The number of para-hydroxylation sites is 2. The van der Waals surface area contributed by atoms with Gasteiger partial charge in [-0.3, -0.25) is 0 Å². The first-order valence-corrected chi connectivity index (χ1v) is 8.94. The fourth-order valence-corrected chi connectivity index (χ4v) is 3.27. The van der Waals surface area contributed by atoms with Crippen LogP contribution in [0.4, 0.5) is 4.79 Å². The van der Waals surface area contributed by atoms with E-state index < -0.39 is 0 Å². The number of ether oxygens (including phenoxy) is 2. The van der Waals surface area contributed by atoms with Gasteiger partial charge in [-0.15, -0.1) is 0 Å². The first-order valence-electron chi connectivity index (χ1n) is 8.94.